The Morgan fingerprint density at radius 2 is 2.21 bits per heavy atom. The number of amides is 1. The topological polar surface area (TPSA) is 41.6 Å². The molecule has 1 aromatic carbocycles. The summed E-state index contributed by atoms with van der Waals surface area (Å²) in [7, 11) is 2.09. The fraction of sp³-hybridized carbons (Fsp3) is 0.533. The molecular weight excluding hydrogens is 240 g/mol. The number of hydrogen-bond donors (Lipinski definition) is 1. The maximum atomic E-state index is 12.2. The number of nitrogens with one attached hydrogen (secondary N) is 1. The standard InChI is InChI=1S/C15H20N2O2/c1-17-9-8-12(11-5-2-3-6-13(11)17)16-15(18)14-7-4-10-19-14/h2-3,5-6,12,14H,4,7-10H2,1H3,(H,16,18). The van der Waals surface area contributed by atoms with Crippen LogP contribution in [0.15, 0.2) is 24.3 Å². The molecule has 2 unspecified atom stereocenters. The third kappa shape index (κ3) is 2.45. The normalized spacial score (nSPS) is 26.1. The second-order valence-electron chi connectivity index (χ2n) is 5.33. The van der Waals surface area contributed by atoms with Gasteiger partial charge in [0.2, 0.25) is 5.91 Å². The predicted molar refractivity (Wildman–Crippen MR) is 74.2 cm³/mol. The first kappa shape index (κ1) is 12.5. The smallest absolute Gasteiger partial charge is 0.249 e. The average molecular weight is 260 g/mol. The van der Waals surface area contributed by atoms with Crippen LogP contribution in [0.25, 0.3) is 0 Å². The Bertz CT molecular complexity index is 469. The lowest BCUT2D eigenvalue weighted by Crippen LogP contribution is -2.40. The van der Waals surface area contributed by atoms with Gasteiger partial charge in [0, 0.05) is 25.9 Å². The summed E-state index contributed by atoms with van der Waals surface area (Å²) in [6.07, 6.45) is 2.54. The van der Waals surface area contributed by atoms with Crippen LogP contribution in [0.5, 0.6) is 0 Å². The van der Waals surface area contributed by atoms with Crippen molar-refractivity contribution in [2.24, 2.45) is 0 Å². The van der Waals surface area contributed by atoms with E-state index in [2.05, 4.69) is 29.4 Å². The van der Waals surface area contributed by atoms with Crippen molar-refractivity contribution in [3.05, 3.63) is 29.8 Å². The van der Waals surface area contributed by atoms with E-state index in [-0.39, 0.29) is 18.1 Å². The van der Waals surface area contributed by atoms with Gasteiger partial charge in [-0.2, -0.15) is 0 Å². The number of fused-ring (bicyclic) bond motifs is 1. The van der Waals surface area contributed by atoms with Crippen molar-refractivity contribution in [3.63, 3.8) is 0 Å². The highest BCUT2D eigenvalue weighted by Crippen LogP contribution is 2.32. The van der Waals surface area contributed by atoms with Gasteiger partial charge in [-0.25, -0.2) is 0 Å². The molecule has 0 aromatic heterocycles. The number of carbonyl (C=O) groups excluding carboxylic acids is 1. The van der Waals surface area contributed by atoms with E-state index in [4.69, 9.17) is 4.74 Å². The average Bonchev–Trinajstić information content (AvgIpc) is 2.96. The van der Waals surface area contributed by atoms with Crippen LogP contribution in [0.4, 0.5) is 5.69 Å². The van der Waals surface area contributed by atoms with E-state index in [9.17, 15) is 4.79 Å². The molecule has 0 spiro atoms. The Morgan fingerprint density at radius 3 is 3.00 bits per heavy atom. The third-order valence-corrected chi connectivity index (χ3v) is 4.02. The molecule has 2 atom stereocenters. The molecule has 3 rings (SSSR count). The van der Waals surface area contributed by atoms with E-state index in [0.717, 1.165) is 25.8 Å². The number of rotatable bonds is 2. The van der Waals surface area contributed by atoms with Gasteiger partial charge in [0.25, 0.3) is 0 Å². The minimum atomic E-state index is -0.244. The van der Waals surface area contributed by atoms with Gasteiger partial charge in [-0.3, -0.25) is 4.79 Å². The van der Waals surface area contributed by atoms with E-state index >= 15 is 0 Å². The Hall–Kier alpha value is -1.55. The van der Waals surface area contributed by atoms with Crippen LogP contribution in [-0.4, -0.2) is 32.2 Å². The summed E-state index contributed by atoms with van der Waals surface area (Å²) in [6.45, 7) is 1.68. The summed E-state index contributed by atoms with van der Waals surface area (Å²) in [6, 6.07) is 8.40. The van der Waals surface area contributed by atoms with Gasteiger partial charge in [0.15, 0.2) is 0 Å². The molecule has 1 amide bonds. The van der Waals surface area contributed by atoms with Crippen LogP contribution >= 0.6 is 0 Å². The first-order valence-corrected chi connectivity index (χ1v) is 6.98. The zero-order valence-electron chi connectivity index (χ0n) is 11.3. The monoisotopic (exact) mass is 260 g/mol. The summed E-state index contributed by atoms with van der Waals surface area (Å²) in [5.74, 6) is 0.0434. The van der Waals surface area contributed by atoms with E-state index in [1.54, 1.807) is 0 Å². The van der Waals surface area contributed by atoms with Gasteiger partial charge in [0.05, 0.1) is 6.04 Å². The van der Waals surface area contributed by atoms with Gasteiger partial charge in [-0.05, 0) is 30.9 Å². The Morgan fingerprint density at radius 1 is 1.37 bits per heavy atom. The zero-order valence-corrected chi connectivity index (χ0v) is 11.3. The van der Waals surface area contributed by atoms with Gasteiger partial charge in [-0.15, -0.1) is 0 Å². The molecule has 2 aliphatic rings. The molecule has 102 valence electrons. The van der Waals surface area contributed by atoms with Gasteiger partial charge in [-0.1, -0.05) is 18.2 Å². The molecular formula is C15H20N2O2. The molecule has 2 aliphatic heterocycles. The third-order valence-electron chi connectivity index (χ3n) is 4.02. The molecule has 1 saturated heterocycles. The summed E-state index contributed by atoms with van der Waals surface area (Å²) in [5.41, 5.74) is 2.42. The Labute approximate surface area is 113 Å². The number of carbonyl (C=O) groups is 1. The molecule has 1 N–H and O–H groups in total. The van der Waals surface area contributed by atoms with Crippen LogP contribution in [0.3, 0.4) is 0 Å². The fourth-order valence-corrected chi connectivity index (χ4v) is 2.93. The molecule has 4 heteroatoms. The van der Waals surface area contributed by atoms with Crippen molar-refractivity contribution in [1.29, 1.82) is 0 Å². The van der Waals surface area contributed by atoms with E-state index in [0.29, 0.717) is 6.61 Å². The maximum absolute atomic E-state index is 12.2. The summed E-state index contributed by atoms with van der Waals surface area (Å²) >= 11 is 0. The number of benzene rings is 1. The van der Waals surface area contributed by atoms with Crippen molar-refractivity contribution in [2.45, 2.75) is 31.4 Å². The highest BCUT2D eigenvalue weighted by molar-refractivity contribution is 5.81. The summed E-state index contributed by atoms with van der Waals surface area (Å²) < 4.78 is 5.44. The molecule has 1 aromatic rings. The van der Waals surface area contributed by atoms with E-state index in [1.807, 2.05) is 12.1 Å². The van der Waals surface area contributed by atoms with Crippen LogP contribution in [0, 0.1) is 0 Å². The molecule has 19 heavy (non-hydrogen) atoms. The first-order chi connectivity index (χ1) is 9.25. The molecule has 0 saturated carbocycles. The predicted octanol–water partition coefficient (Wildman–Crippen LogP) is 1.86. The highest BCUT2D eigenvalue weighted by atomic mass is 16.5. The van der Waals surface area contributed by atoms with Crippen molar-refractivity contribution in [1.82, 2.24) is 5.32 Å². The Kier molecular flexibility index (Phi) is 3.42. The number of para-hydroxylation sites is 1. The van der Waals surface area contributed by atoms with Crippen molar-refractivity contribution >= 4 is 11.6 Å². The fourth-order valence-electron chi connectivity index (χ4n) is 2.93. The van der Waals surface area contributed by atoms with Crippen molar-refractivity contribution in [2.75, 3.05) is 25.1 Å². The number of nitrogens with zero attached hydrogens (tertiary/aromatic N) is 1. The molecule has 4 nitrogen and oxygen atoms in total. The molecule has 1 fully saturated rings. The van der Waals surface area contributed by atoms with E-state index in [1.165, 1.54) is 11.3 Å². The van der Waals surface area contributed by atoms with Crippen LogP contribution in [-0.2, 0) is 9.53 Å². The van der Waals surface area contributed by atoms with Crippen LogP contribution in [0.1, 0.15) is 30.9 Å². The van der Waals surface area contributed by atoms with Crippen LogP contribution in [0.2, 0.25) is 0 Å². The summed E-state index contributed by atoms with van der Waals surface area (Å²) in [4.78, 5) is 14.4. The molecule has 0 aliphatic carbocycles. The van der Waals surface area contributed by atoms with Gasteiger partial charge >= 0.3 is 0 Å². The molecule has 0 bridgehead atoms. The molecule has 2 heterocycles. The first-order valence-electron chi connectivity index (χ1n) is 6.98. The van der Waals surface area contributed by atoms with Crippen molar-refractivity contribution < 1.29 is 9.53 Å². The number of hydrogen-bond acceptors (Lipinski definition) is 3. The van der Waals surface area contributed by atoms with Gasteiger partial charge in [0.1, 0.15) is 6.10 Å². The lowest BCUT2D eigenvalue weighted by atomic mass is 9.96. The number of anilines is 1. The highest BCUT2D eigenvalue weighted by Gasteiger charge is 2.29. The molecule has 0 radical (unpaired) electrons. The lowest BCUT2D eigenvalue weighted by molar-refractivity contribution is -0.130. The van der Waals surface area contributed by atoms with Crippen molar-refractivity contribution in [3.8, 4) is 0 Å². The largest absolute Gasteiger partial charge is 0.374 e. The lowest BCUT2D eigenvalue weighted by Gasteiger charge is -2.33. The number of ether oxygens (including phenoxy) is 1. The second kappa shape index (κ2) is 5.21. The zero-order chi connectivity index (χ0) is 13.2. The minimum absolute atomic E-state index is 0.0434. The minimum Gasteiger partial charge on any atom is -0.374 e. The Balaban J connectivity index is 1.75. The van der Waals surface area contributed by atoms with Gasteiger partial charge < -0.3 is 15.0 Å². The maximum Gasteiger partial charge on any atom is 0.249 e. The van der Waals surface area contributed by atoms with Crippen LogP contribution < -0.4 is 10.2 Å². The quantitative estimate of drug-likeness (QED) is 0.882. The summed E-state index contributed by atoms with van der Waals surface area (Å²) in [5, 5.41) is 3.15. The second-order valence-corrected chi connectivity index (χ2v) is 5.33. The SMILES string of the molecule is CN1CCC(NC(=O)C2CCCO2)c2ccccc21. The van der Waals surface area contributed by atoms with E-state index < -0.39 is 0 Å².